The van der Waals surface area contributed by atoms with Crippen molar-refractivity contribution in [2.45, 2.75) is 6.54 Å². The van der Waals surface area contributed by atoms with Gasteiger partial charge in [0.2, 0.25) is 5.91 Å². The van der Waals surface area contributed by atoms with Gasteiger partial charge in [-0.2, -0.15) is 11.3 Å². The summed E-state index contributed by atoms with van der Waals surface area (Å²) in [4.78, 5) is 27.6. The van der Waals surface area contributed by atoms with Crippen LogP contribution in [0.3, 0.4) is 0 Å². The van der Waals surface area contributed by atoms with Crippen LogP contribution in [0.5, 0.6) is 0 Å². The maximum atomic E-state index is 12.3. The van der Waals surface area contributed by atoms with Crippen molar-refractivity contribution in [3.63, 3.8) is 0 Å². The zero-order chi connectivity index (χ0) is 15.4. The standard InChI is InChI=1S/C16H17N3O2S/c20-15(17-10-13-6-9-22-12-13)11-18-7-8-19(16(18)21)14-4-2-1-3-5-14/h1-6,9,12H,7-8,10-11H2,(H,17,20). The molecule has 2 heterocycles. The van der Waals surface area contributed by atoms with Crippen LogP contribution >= 0.6 is 11.3 Å². The van der Waals surface area contributed by atoms with E-state index in [0.29, 0.717) is 19.6 Å². The molecule has 3 amide bonds. The van der Waals surface area contributed by atoms with Gasteiger partial charge in [-0.05, 0) is 34.5 Å². The van der Waals surface area contributed by atoms with Gasteiger partial charge < -0.3 is 10.2 Å². The van der Waals surface area contributed by atoms with E-state index in [9.17, 15) is 9.59 Å². The van der Waals surface area contributed by atoms with Crippen LogP contribution < -0.4 is 10.2 Å². The molecule has 1 saturated heterocycles. The number of nitrogens with zero attached hydrogens (tertiary/aromatic N) is 2. The van der Waals surface area contributed by atoms with Crippen LogP contribution in [-0.2, 0) is 11.3 Å². The number of para-hydroxylation sites is 1. The molecule has 1 aliphatic heterocycles. The van der Waals surface area contributed by atoms with E-state index >= 15 is 0 Å². The lowest BCUT2D eigenvalue weighted by Crippen LogP contribution is -2.39. The summed E-state index contributed by atoms with van der Waals surface area (Å²) in [6.45, 7) is 1.79. The molecule has 0 bridgehead atoms. The largest absolute Gasteiger partial charge is 0.350 e. The number of carbonyl (C=O) groups excluding carboxylic acids is 2. The first kappa shape index (κ1) is 14.6. The number of hydrogen-bond acceptors (Lipinski definition) is 3. The van der Waals surface area contributed by atoms with Crippen LogP contribution in [0.4, 0.5) is 10.5 Å². The lowest BCUT2D eigenvalue weighted by molar-refractivity contribution is -0.121. The summed E-state index contributed by atoms with van der Waals surface area (Å²) < 4.78 is 0. The molecule has 2 aromatic rings. The second-order valence-corrected chi connectivity index (χ2v) is 5.88. The summed E-state index contributed by atoms with van der Waals surface area (Å²) in [7, 11) is 0. The number of thiophene rings is 1. The van der Waals surface area contributed by atoms with Gasteiger partial charge in [-0.1, -0.05) is 18.2 Å². The van der Waals surface area contributed by atoms with Crippen LogP contribution in [0.25, 0.3) is 0 Å². The van der Waals surface area contributed by atoms with E-state index in [2.05, 4.69) is 5.32 Å². The van der Waals surface area contributed by atoms with E-state index in [-0.39, 0.29) is 18.5 Å². The molecule has 22 heavy (non-hydrogen) atoms. The molecule has 0 radical (unpaired) electrons. The first-order valence-corrected chi connectivity index (χ1v) is 8.07. The summed E-state index contributed by atoms with van der Waals surface area (Å²) in [5.74, 6) is -0.130. The van der Waals surface area contributed by atoms with Gasteiger partial charge in [-0.3, -0.25) is 9.69 Å². The Morgan fingerprint density at radius 3 is 2.73 bits per heavy atom. The maximum Gasteiger partial charge on any atom is 0.325 e. The Morgan fingerprint density at radius 2 is 2.00 bits per heavy atom. The normalized spacial score (nSPS) is 14.5. The average Bonchev–Trinajstić information content (AvgIpc) is 3.17. The molecule has 3 rings (SSSR count). The molecule has 0 spiro atoms. The summed E-state index contributed by atoms with van der Waals surface area (Å²) in [6, 6.07) is 11.4. The fraction of sp³-hybridized carbons (Fsp3) is 0.250. The quantitative estimate of drug-likeness (QED) is 0.920. The highest BCUT2D eigenvalue weighted by Gasteiger charge is 2.30. The molecule has 1 aromatic heterocycles. The van der Waals surface area contributed by atoms with Gasteiger partial charge in [-0.15, -0.1) is 0 Å². The number of amides is 3. The Bertz CT molecular complexity index is 643. The van der Waals surface area contributed by atoms with E-state index in [0.717, 1.165) is 11.3 Å². The SMILES string of the molecule is O=C(CN1CCN(c2ccccc2)C1=O)NCc1ccsc1. The highest BCUT2D eigenvalue weighted by molar-refractivity contribution is 7.07. The number of benzene rings is 1. The second kappa shape index (κ2) is 6.62. The minimum Gasteiger partial charge on any atom is -0.350 e. The zero-order valence-electron chi connectivity index (χ0n) is 12.1. The monoisotopic (exact) mass is 315 g/mol. The van der Waals surface area contributed by atoms with E-state index in [1.54, 1.807) is 21.1 Å². The Morgan fingerprint density at radius 1 is 1.18 bits per heavy atom. The molecule has 1 fully saturated rings. The van der Waals surface area contributed by atoms with Gasteiger partial charge in [0, 0.05) is 25.3 Å². The summed E-state index contributed by atoms with van der Waals surface area (Å²) in [5.41, 5.74) is 1.95. The van der Waals surface area contributed by atoms with Crippen molar-refractivity contribution in [3.05, 3.63) is 52.7 Å². The van der Waals surface area contributed by atoms with E-state index in [1.807, 2.05) is 47.2 Å². The molecule has 1 aromatic carbocycles. The fourth-order valence-electron chi connectivity index (χ4n) is 2.40. The van der Waals surface area contributed by atoms with Crippen LogP contribution in [0, 0.1) is 0 Å². The van der Waals surface area contributed by atoms with E-state index < -0.39 is 0 Å². The van der Waals surface area contributed by atoms with Crippen molar-refractivity contribution in [2.75, 3.05) is 24.5 Å². The first-order valence-electron chi connectivity index (χ1n) is 7.13. The predicted octanol–water partition coefficient (Wildman–Crippen LogP) is 2.31. The Hall–Kier alpha value is -2.34. The summed E-state index contributed by atoms with van der Waals surface area (Å²) >= 11 is 1.60. The molecule has 6 heteroatoms. The highest BCUT2D eigenvalue weighted by Crippen LogP contribution is 2.19. The number of anilines is 1. The zero-order valence-corrected chi connectivity index (χ0v) is 12.9. The lowest BCUT2D eigenvalue weighted by atomic mass is 10.3. The fourth-order valence-corrected chi connectivity index (χ4v) is 3.07. The van der Waals surface area contributed by atoms with Gasteiger partial charge in [0.1, 0.15) is 6.54 Å². The smallest absolute Gasteiger partial charge is 0.325 e. The molecule has 114 valence electrons. The molecule has 5 nitrogen and oxygen atoms in total. The van der Waals surface area contributed by atoms with Crippen LogP contribution in [0.15, 0.2) is 47.2 Å². The van der Waals surface area contributed by atoms with E-state index in [1.165, 1.54) is 0 Å². The number of hydrogen-bond donors (Lipinski definition) is 1. The molecule has 1 N–H and O–H groups in total. The van der Waals surface area contributed by atoms with Gasteiger partial charge in [0.15, 0.2) is 0 Å². The van der Waals surface area contributed by atoms with Crippen LogP contribution in [0.2, 0.25) is 0 Å². The number of nitrogens with one attached hydrogen (secondary N) is 1. The van der Waals surface area contributed by atoms with Crippen LogP contribution in [-0.4, -0.2) is 36.5 Å². The van der Waals surface area contributed by atoms with Crippen molar-refractivity contribution in [3.8, 4) is 0 Å². The molecular weight excluding hydrogens is 298 g/mol. The third-order valence-corrected chi connectivity index (χ3v) is 4.30. The first-order chi connectivity index (χ1) is 10.7. The third-order valence-electron chi connectivity index (χ3n) is 3.57. The molecule has 0 atom stereocenters. The Balaban J connectivity index is 1.53. The van der Waals surface area contributed by atoms with Crippen molar-refractivity contribution >= 4 is 29.0 Å². The topological polar surface area (TPSA) is 52.7 Å². The minimum atomic E-state index is -0.130. The average molecular weight is 315 g/mol. The van der Waals surface area contributed by atoms with Crippen molar-refractivity contribution in [2.24, 2.45) is 0 Å². The Labute approximate surface area is 133 Å². The third kappa shape index (κ3) is 3.28. The molecule has 0 saturated carbocycles. The minimum absolute atomic E-state index is 0.103. The summed E-state index contributed by atoms with van der Waals surface area (Å²) in [6.07, 6.45) is 0. The molecular formula is C16H17N3O2S. The van der Waals surface area contributed by atoms with Gasteiger partial charge in [-0.25, -0.2) is 4.79 Å². The number of urea groups is 1. The van der Waals surface area contributed by atoms with Crippen LogP contribution in [0.1, 0.15) is 5.56 Å². The van der Waals surface area contributed by atoms with Gasteiger partial charge in [0.25, 0.3) is 0 Å². The number of rotatable bonds is 5. The second-order valence-electron chi connectivity index (χ2n) is 5.10. The number of carbonyl (C=O) groups is 2. The molecule has 0 aliphatic carbocycles. The predicted molar refractivity (Wildman–Crippen MR) is 86.9 cm³/mol. The van der Waals surface area contributed by atoms with Gasteiger partial charge >= 0.3 is 6.03 Å². The molecule has 0 unspecified atom stereocenters. The Kier molecular flexibility index (Phi) is 4.39. The highest BCUT2D eigenvalue weighted by atomic mass is 32.1. The lowest BCUT2D eigenvalue weighted by Gasteiger charge is -2.18. The van der Waals surface area contributed by atoms with Gasteiger partial charge in [0.05, 0.1) is 0 Å². The van der Waals surface area contributed by atoms with Crippen molar-refractivity contribution in [1.82, 2.24) is 10.2 Å². The van der Waals surface area contributed by atoms with Crippen molar-refractivity contribution < 1.29 is 9.59 Å². The maximum absolute atomic E-state index is 12.3. The van der Waals surface area contributed by atoms with Crippen molar-refractivity contribution in [1.29, 1.82) is 0 Å². The molecule has 1 aliphatic rings. The summed E-state index contributed by atoms with van der Waals surface area (Å²) in [5, 5.41) is 6.82. The van der Waals surface area contributed by atoms with E-state index in [4.69, 9.17) is 0 Å².